The van der Waals surface area contributed by atoms with Crippen LogP contribution in [-0.2, 0) is 32.7 Å². The zero-order valence-electron chi connectivity index (χ0n) is 30.4. The number of unbranched alkanes of at least 4 members (excludes halogenated alkanes) is 1. The molecule has 0 bridgehead atoms. The molecule has 10 heteroatoms. The summed E-state index contributed by atoms with van der Waals surface area (Å²) < 4.78 is 14.2. The lowest BCUT2D eigenvalue weighted by Gasteiger charge is -2.40. The molecule has 1 saturated heterocycles. The average Bonchev–Trinajstić information content (AvgIpc) is 3.68. The van der Waals surface area contributed by atoms with Gasteiger partial charge in [0.05, 0.1) is 22.8 Å². The van der Waals surface area contributed by atoms with E-state index in [2.05, 4.69) is 127 Å². The van der Waals surface area contributed by atoms with Crippen molar-refractivity contribution in [3.63, 3.8) is 0 Å². The van der Waals surface area contributed by atoms with Crippen molar-refractivity contribution in [3.05, 3.63) is 149 Å². The van der Waals surface area contributed by atoms with Crippen molar-refractivity contribution in [1.82, 2.24) is 30.8 Å². The zero-order valence-corrected chi connectivity index (χ0v) is 30.4. The highest BCUT2D eigenvalue weighted by atomic mass is 16.7. The summed E-state index contributed by atoms with van der Waals surface area (Å²) >= 11 is 0. The minimum Gasteiger partial charge on any atom is -0.403 e. The summed E-state index contributed by atoms with van der Waals surface area (Å²) in [6, 6.07) is 39.3. The maximum atomic E-state index is 13.3. The van der Waals surface area contributed by atoms with Crippen LogP contribution < -0.4 is 10.6 Å². The molecule has 2 heterocycles. The molecule has 1 aromatic heterocycles. The first-order chi connectivity index (χ1) is 24.6. The van der Waals surface area contributed by atoms with Gasteiger partial charge in [-0.25, -0.2) is 4.68 Å². The molecule has 0 saturated carbocycles. The van der Waals surface area contributed by atoms with Crippen LogP contribution in [0, 0.1) is 6.92 Å². The number of nitrogens with one attached hydrogen (secondary N) is 2. The molecule has 1 aliphatic heterocycles. The molecule has 5 aromatic rings. The van der Waals surface area contributed by atoms with E-state index in [4.69, 9.17) is 9.31 Å². The normalized spacial score (nSPS) is 15.8. The van der Waals surface area contributed by atoms with Gasteiger partial charge in [0.15, 0.2) is 5.82 Å². The summed E-state index contributed by atoms with van der Waals surface area (Å²) in [6.07, 6.45) is 3.21. The predicted molar refractivity (Wildman–Crippen MR) is 201 cm³/mol. The van der Waals surface area contributed by atoms with E-state index < -0.39 is 5.54 Å². The monoisotopic (exact) mass is 684 g/mol. The molecule has 1 atom stereocenters. The van der Waals surface area contributed by atoms with E-state index in [1.54, 1.807) is 4.68 Å². The number of aromatic nitrogens is 4. The molecule has 1 amide bonds. The van der Waals surface area contributed by atoms with E-state index in [0.29, 0.717) is 18.8 Å². The van der Waals surface area contributed by atoms with Crippen LogP contribution in [0.15, 0.2) is 115 Å². The van der Waals surface area contributed by atoms with Gasteiger partial charge in [0.2, 0.25) is 5.91 Å². The lowest BCUT2D eigenvalue weighted by atomic mass is 9.76. The molecule has 0 spiro atoms. The molecule has 6 rings (SSSR count). The van der Waals surface area contributed by atoms with Gasteiger partial charge in [-0.2, -0.15) is 0 Å². The summed E-state index contributed by atoms with van der Waals surface area (Å²) in [4.78, 5) is 13.3. The van der Waals surface area contributed by atoms with Gasteiger partial charge < -0.3 is 14.6 Å². The molecule has 0 aliphatic carbocycles. The van der Waals surface area contributed by atoms with Gasteiger partial charge >= 0.3 is 7.12 Å². The maximum absolute atomic E-state index is 13.3. The van der Waals surface area contributed by atoms with Gasteiger partial charge in [-0.15, -0.1) is 5.10 Å². The molecule has 1 fully saturated rings. The number of amides is 1. The third-order valence-electron chi connectivity index (χ3n) is 10.3. The van der Waals surface area contributed by atoms with Crippen LogP contribution in [0.5, 0.6) is 0 Å². The van der Waals surface area contributed by atoms with E-state index in [-0.39, 0.29) is 36.8 Å². The molecular formula is C41H49BN6O3. The second kappa shape index (κ2) is 15.7. The molecule has 9 nitrogen and oxygen atoms in total. The van der Waals surface area contributed by atoms with Gasteiger partial charge in [0, 0.05) is 6.54 Å². The Labute approximate surface area is 302 Å². The van der Waals surface area contributed by atoms with Crippen LogP contribution in [-0.4, -0.2) is 44.4 Å². The largest absolute Gasteiger partial charge is 0.457 e. The lowest BCUT2D eigenvalue weighted by molar-refractivity contribution is -0.122. The molecule has 4 aromatic carbocycles. The first-order valence-corrected chi connectivity index (χ1v) is 18.0. The van der Waals surface area contributed by atoms with Crippen molar-refractivity contribution in [2.45, 2.75) is 96.1 Å². The fraction of sp³-hybridized carbons (Fsp3) is 0.366. The highest BCUT2D eigenvalue weighted by Gasteiger charge is 2.50. The Morgan fingerprint density at radius 2 is 1.31 bits per heavy atom. The molecule has 1 aliphatic rings. The molecule has 264 valence electrons. The highest BCUT2D eigenvalue weighted by molar-refractivity contribution is 6.45. The number of carbonyl (C=O) groups is 1. The van der Waals surface area contributed by atoms with Crippen molar-refractivity contribution >= 4 is 13.0 Å². The first kappa shape index (κ1) is 36.2. The topological polar surface area (TPSA) is 103 Å². The Balaban J connectivity index is 1.31. The SMILES string of the molecule is Cc1ccc(CNC(=O)Cn2nnnc2C(CCCCB2OC(C)(C)C(C)(C)O2)NC(c2ccccc2)(c2ccccc2)c2ccccc2)cc1. The molecule has 51 heavy (non-hydrogen) atoms. The first-order valence-electron chi connectivity index (χ1n) is 18.0. The summed E-state index contributed by atoms with van der Waals surface area (Å²) in [6.45, 7) is 10.8. The van der Waals surface area contributed by atoms with Crippen molar-refractivity contribution in [2.75, 3.05) is 0 Å². The van der Waals surface area contributed by atoms with Crippen molar-refractivity contribution < 1.29 is 14.1 Å². The third kappa shape index (κ3) is 8.30. The van der Waals surface area contributed by atoms with Crippen molar-refractivity contribution in [1.29, 1.82) is 0 Å². The quantitative estimate of drug-likeness (QED) is 0.0684. The van der Waals surface area contributed by atoms with Gasteiger partial charge in [-0.3, -0.25) is 10.1 Å². The van der Waals surface area contributed by atoms with Gasteiger partial charge in [0.1, 0.15) is 6.54 Å². The van der Waals surface area contributed by atoms with Crippen molar-refractivity contribution in [3.8, 4) is 0 Å². The van der Waals surface area contributed by atoms with Crippen LogP contribution in [0.1, 0.15) is 86.6 Å². The number of hydrogen-bond acceptors (Lipinski definition) is 7. The summed E-state index contributed by atoms with van der Waals surface area (Å²) in [5.74, 6) is 0.437. The Morgan fingerprint density at radius 1 is 0.784 bits per heavy atom. The smallest absolute Gasteiger partial charge is 0.403 e. The van der Waals surface area contributed by atoms with Crippen LogP contribution in [0.4, 0.5) is 0 Å². The Morgan fingerprint density at radius 3 is 1.84 bits per heavy atom. The fourth-order valence-electron chi connectivity index (χ4n) is 6.76. The summed E-state index contributed by atoms with van der Waals surface area (Å²) in [7, 11) is -0.263. The second-order valence-corrected chi connectivity index (χ2v) is 14.5. The number of hydrogen-bond donors (Lipinski definition) is 2. The number of aryl methyl sites for hydroxylation is 1. The standard InChI is InChI=1S/C41H49BN6O3/c1-31-24-26-32(27-25-31)29-43-37(49)30-48-38(45-46-47-48)36(23-15-16-28-42-50-39(2,3)40(4,5)51-42)44-41(33-17-9-6-10-18-33,34-19-11-7-12-20-34)35-21-13-8-14-22-35/h6-14,17-22,24-27,36,44H,15-16,23,28-30H2,1-5H3,(H,43,49). The highest BCUT2D eigenvalue weighted by Crippen LogP contribution is 2.41. The van der Waals surface area contributed by atoms with Crippen LogP contribution in [0.2, 0.25) is 6.32 Å². The Hall–Kier alpha value is -4.64. The van der Waals surface area contributed by atoms with Crippen LogP contribution in [0.25, 0.3) is 0 Å². The van der Waals surface area contributed by atoms with Crippen LogP contribution >= 0.6 is 0 Å². The van der Waals surface area contributed by atoms with E-state index in [1.807, 2.05) is 49.4 Å². The summed E-state index contributed by atoms with van der Waals surface area (Å²) in [5, 5.41) is 20.1. The molecular weight excluding hydrogens is 635 g/mol. The van der Waals surface area contributed by atoms with E-state index >= 15 is 0 Å². The van der Waals surface area contributed by atoms with Gasteiger partial charge in [-0.05, 0) is 80.0 Å². The van der Waals surface area contributed by atoms with E-state index in [0.717, 1.165) is 41.4 Å². The second-order valence-electron chi connectivity index (χ2n) is 14.5. The van der Waals surface area contributed by atoms with E-state index in [1.165, 1.54) is 5.56 Å². The third-order valence-corrected chi connectivity index (χ3v) is 10.3. The number of rotatable bonds is 15. The van der Waals surface area contributed by atoms with E-state index in [9.17, 15) is 4.79 Å². The fourth-order valence-corrected chi connectivity index (χ4v) is 6.76. The van der Waals surface area contributed by atoms with Gasteiger partial charge in [0.25, 0.3) is 0 Å². The van der Waals surface area contributed by atoms with Crippen LogP contribution in [0.3, 0.4) is 0 Å². The molecule has 1 unspecified atom stereocenters. The molecule has 0 radical (unpaired) electrons. The summed E-state index contributed by atoms with van der Waals surface area (Å²) in [5.41, 5.74) is 3.96. The average molecular weight is 685 g/mol. The minimum atomic E-state index is -0.759. The number of tetrazole rings is 1. The van der Waals surface area contributed by atoms with Crippen molar-refractivity contribution in [2.24, 2.45) is 0 Å². The Bertz CT molecular complexity index is 1740. The molecule has 2 N–H and O–H groups in total. The maximum Gasteiger partial charge on any atom is 0.457 e. The number of carbonyl (C=O) groups excluding carboxylic acids is 1. The minimum absolute atomic E-state index is 0.00466. The number of nitrogens with zero attached hydrogens (tertiary/aromatic N) is 4. The zero-order chi connectivity index (χ0) is 35.9. The number of benzene rings is 4. The predicted octanol–water partition coefficient (Wildman–Crippen LogP) is 7.18. The van der Waals surface area contributed by atoms with Gasteiger partial charge in [-0.1, -0.05) is 134 Å². The Kier molecular flexibility index (Phi) is 11.1. The lowest BCUT2D eigenvalue weighted by Crippen LogP contribution is -2.47.